The number of nitrogens with one attached hydrogen (secondary N) is 1. The first-order valence-corrected chi connectivity index (χ1v) is 8.98. The molecule has 2 aliphatic rings. The molecule has 2 saturated carbocycles. The molecule has 2 aliphatic carbocycles. The van der Waals surface area contributed by atoms with Crippen LogP contribution in [-0.4, -0.2) is 27.8 Å². The second kappa shape index (κ2) is 6.59. The maximum atomic E-state index is 13.0. The molecule has 3 N–H and O–H groups in total. The van der Waals surface area contributed by atoms with Gasteiger partial charge in [0, 0.05) is 18.3 Å². The van der Waals surface area contributed by atoms with Crippen LogP contribution in [0, 0.1) is 17.7 Å². The van der Waals surface area contributed by atoms with Crippen LogP contribution in [0.5, 0.6) is 0 Å². The van der Waals surface area contributed by atoms with Gasteiger partial charge in [-0.3, -0.25) is 4.79 Å². The second-order valence-corrected chi connectivity index (χ2v) is 7.30. The van der Waals surface area contributed by atoms with Gasteiger partial charge in [-0.05, 0) is 67.9 Å². The monoisotopic (exact) mass is 342 g/mol. The zero-order chi connectivity index (χ0) is 17.4. The molecule has 2 fully saturated rings. The van der Waals surface area contributed by atoms with Crippen molar-refractivity contribution in [1.29, 1.82) is 0 Å². The topological polar surface area (TPSA) is 72.9 Å². The summed E-state index contributed by atoms with van der Waals surface area (Å²) in [7, 11) is 0. The van der Waals surface area contributed by atoms with Gasteiger partial charge in [0.05, 0.1) is 5.69 Å². The molecule has 6 heteroatoms. The predicted octanol–water partition coefficient (Wildman–Crippen LogP) is 2.65. The van der Waals surface area contributed by atoms with Crippen LogP contribution in [0.15, 0.2) is 36.5 Å². The highest BCUT2D eigenvalue weighted by Crippen LogP contribution is 2.39. The quantitative estimate of drug-likeness (QED) is 0.901. The Kier molecular flexibility index (Phi) is 4.29. The fraction of sp³-hybridized carbons (Fsp3) is 0.474. The summed E-state index contributed by atoms with van der Waals surface area (Å²) in [4.78, 5) is 12.6. The van der Waals surface area contributed by atoms with Crippen LogP contribution in [0.4, 0.5) is 4.39 Å². The predicted molar refractivity (Wildman–Crippen MR) is 92.8 cm³/mol. The van der Waals surface area contributed by atoms with Crippen molar-refractivity contribution in [2.75, 3.05) is 0 Å². The number of aromatic nitrogens is 2. The van der Waals surface area contributed by atoms with Crippen molar-refractivity contribution in [2.24, 2.45) is 17.6 Å². The fourth-order valence-electron chi connectivity index (χ4n) is 4.43. The van der Waals surface area contributed by atoms with Crippen LogP contribution in [0.3, 0.4) is 0 Å². The lowest BCUT2D eigenvalue weighted by molar-refractivity contribution is 0.0751. The summed E-state index contributed by atoms with van der Waals surface area (Å²) in [6.07, 6.45) is 7.21. The number of benzene rings is 1. The molecule has 1 aromatic carbocycles. The van der Waals surface area contributed by atoms with E-state index in [0.717, 1.165) is 31.4 Å². The van der Waals surface area contributed by atoms with Crippen molar-refractivity contribution in [3.05, 3.63) is 48.0 Å². The lowest BCUT2D eigenvalue weighted by atomic mass is 9.67. The zero-order valence-electron chi connectivity index (χ0n) is 14.1. The largest absolute Gasteiger partial charge is 0.347 e. The Labute approximate surface area is 146 Å². The highest BCUT2D eigenvalue weighted by atomic mass is 19.1. The lowest BCUT2D eigenvalue weighted by Crippen LogP contribution is -2.53. The minimum absolute atomic E-state index is 0.141. The third-order valence-electron chi connectivity index (χ3n) is 5.59. The van der Waals surface area contributed by atoms with Gasteiger partial charge in [-0.2, -0.15) is 5.10 Å². The summed E-state index contributed by atoms with van der Waals surface area (Å²) < 4.78 is 14.6. The van der Waals surface area contributed by atoms with Crippen LogP contribution in [0.2, 0.25) is 0 Å². The Morgan fingerprint density at radius 2 is 1.84 bits per heavy atom. The third kappa shape index (κ3) is 3.31. The van der Waals surface area contributed by atoms with Crippen molar-refractivity contribution >= 4 is 5.91 Å². The van der Waals surface area contributed by atoms with Crippen molar-refractivity contribution < 1.29 is 9.18 Å². The fourth-order valence-corrected chi connectivity index (χ4v) is 4.43. The lowest BCUT2D eigenvalue weighted by Gasteiger charge is -2.45. The van der Waals surface area contributed by atoms with Gasteiger partial charge in [0.1, 0.15) is 5.82 Å². The average molecular weight is 342 g/mol. The van der Waals surface area contributed by atoms with Crippen LogP contribution in [0.1, 0.15) is 42.6 Å². The highest BCUT2D eigenvalue weighted by Gasteiger charge is 2.40. The van der Waals surface area contributed by atoms with Gasteiger partial charge in [0.15, 0.2) is 5.69 Å². The first kappa shape index (κ1) is 16.3. The van der Waals surface area contributed by atoms with E-state index in [1.54, 1.807) is 29.1 Å². The summed E-state index contributed by atoms with van der Waals surface area (Å²) in [5.41, 5.74) is 7.26. The smallest absolute Gasteiger partial charge is 0.272 e. The Morgan fingerprint density at radius 3 is 2.52 bits per heavy atom. The van der Waals surface area contributed by atoms with Gasteiger partial charge in [0.2, 0.25) is 0 Å². The number of amides is 1. The normalized spacial score (nSPS) is 28.6. The number of halogens is 1. The standard InChI is InChI=1S/C19H23FN4O/c20-14-4-6-16(7-5-14)24-9-8-17(23-24)19(25)22-18-12-2-1-3-13(18)11-15(21)10-12/h4-9,12-13,15,18H,1-3,10-11,21H2,(H,22,25). The molecule has 25 heavy (non-hydrogen) atoms. The van der Waals surface area contributed by atoms with Gasteiger partial charge < -0.3 is 11.1 Å². The van der Waals surface area contributed by atoms with Gasteiger partial charge in [-0.15, -0.1) is 0 Å². The van der Waals surface area contributed by atoms with Gasteiger partial charge >= 0.3 is 0 Å². The average Bonchev–Trinajstić information content (AvgIpc) is 3.06. The van der Waals surface area contributed by atoms with E-state index >= 15 is 0 Å². The Morgan fingerprint density at radius 1 is 1.16 bits per heavy atom. The minimum Gasteiger partial charge on any atom is -0.347 e. The van der Waals surface area contributed by atoms with Crippen molar-refractivity contribution in [1.82, 2.24) is 15.1 Å². The molecule has 0 aliphatic heterocycles. The second-order valence-electron chi connectivity index (χ2n) is 7.30. The number of hydrogen-bond donors (Lipinski definition) is 2. The molecule has 1 aromatic heterocycles. The summed E-state index contributed by atoms with van der Waals surface area (Å²) >= 11 is 0. The van der Waals surface area contributed by atoms with E-state index in [-0.39, 0.29) is 23.8 Å². The molecule has 0 radical (unpaired) electrons. The SMILES string of the molecule is NC1CC2CCCC(C1)C2NC(=O)c1ccn(-c2ccc(F)cc2)n1. The molecule has 2 bridgehead atoms. The molecule has 0 spiro atoms. The van der Waals surface area contributed by atoms with Crippen molar-refractivity contribution in [2.45, 2.75) is 44.2 Å². The van der Waals surface area contributed by atoms with E-state index in [9.17, 15) is 9.18 Å². The van der Waals surface area contributed by atoms with Crippen molar-refractivity contribution in [3.8, 4) is 5.69 Å². The summed E-state index contributed by atoms with van der Waals surface area (Å²) in [5, 5.41) is 7.54. The number of hydrogen-bond acceptors (Lipinski definition) is 3. The first-order valence-electron chi connectivity index (χ1n) is 8.98. The number of fused-ring (bicyclic) bond motifs is 2. The van der Waals surface area contributed by atoms with Crippen LogP contribution < -0.4 is 11.1 Å². The van der Waals surface area contributed by atoms with E-state index in [0.29, 0.717) is 17.5 Å². The molecule has 5 nitrogen and oxygen atoms in total. The highest BCUT2D eigenvalue weighted by molar-refractivity contribution is 5.92. The van der Waals surface area contributed by atoms with Gasteiger partial charge in [-0.1, -0.05) is 6.42 Å². The van der Waals surface area contributed by atoms with E-state index in [1.165, 1.54) is 18.6 Å². The molecule has 132 valence electrons. The molecular formula is C19H23FN4O. The van der Waals surface area contributed by atoms with E-state index in [2.05, 4.69) is 10.4 Å². The van der Waals surface area contributed by atoms with Crippen LogP contribution >= 0.6 is 0 Å². The molecule has 2 unspecified atom stereocenters. The van der Waals surface area contributed by atoms with Gasteiger partial charge in [0.25, 0.3) is 5.91 Å². The zero-order valence-corrected chi connectivity index (χ0v) is 14.1. The number of carbonyl (C=O) groups is 1. The third-order valence-corrected chi connectivity index (χ3v) is 5.59. The molecule has 1 heterocycles. The van der Waals surface area contributed by atoms with Crippen molar-refractivity contribution in [3.63, 3.8) is 0 Å². The van der Waals surface area contributed by atoms with Gasteiger partial charge in [-0.25, -0.2) is 9.07 Å². The summed E-state index contributed by atoms with van der Waals surface area (Å²) in [5.74, 6) is 0.519. The number of carbonyl (C=O) groups excluding carboxylic acids is 1. The van der Waals surface area contributed by atoms with E-state index < -0.39 is 0 Å². The molecule has 2 atom stereocenters. The van der Waals surface area contributed by atoms with E-state index in [4.69, 9.17) is 5.73 Å². The number of rotatable bonds is 3. The van der Waals surface area contributed by atoms with Crippen LogP contribution in [-0.2, 0) is 0 Å². The number of nitrogens with two attached hydrogens (primary N) is 1. The number of nitrogens with zero attached hydrogens (tertiary/aromatic N) is 2. The Balaban J connectivity index is 1.47. The Hall–Kier alpha value is -2.21. The Bertz CT molecular complexity index is 743. The molecule has 4 rings (SSSR count). The summed E-state index contributed by atoms with van der Waals surface area (Å²) in [6.45, 7) is 0. The molecule has 2 aromatic rings. The summed E-state index contributed by atoms with van der Waals surface area (Å²) in [6, 6.07) is 8.20. The maximum Gasteiger partial charge on any atom is 0.272 e. The molecule has 1 amide bonds. The van der Waals surface area contributed by atoms with Crippen LogP contribution in [0.25, 0.3) is 5.69 Å². The minimum atomic E-state index is -0.295. The molecule has 0 saturated heterocycles. The first-order chi connectivity index (χ1) is 12.1. The van der Waals surface area contributed by atoms with E-state index in [1.807, 2.05) is 0 Å². The molecular weight excluding hydrogens is 319 g/mol. The maximum absolute atomic E-state index is 13.0.